The molecule has 76 valence electrons. The Hall–Kier alpha value is -0.650. The number of aliphatic hydroxyl groups is 2. The summed E-state index contributed by atoms with van der Waals surface area (Å²) < 4.78 is 4.86. The van der Waals surface area contributed by atoms with Gasteiger partial charge in [0.2, 0.25) is 0 Å². The Morgan fingerprint density at radius 1 is 1.38 bits per heavy atom. The van der Waals surface area contributed by atoms with Crippen LogP contribution in [0.3, 0.4) is 0 Å². The van der Waals surface area contributed by atoms with Gasteiger partial charge in [0.05, 0.1) is 18.1 Å². The molecule has 0 heterocycles. The molecule has 5 heteroatoms. The highest BCUT2D eigenvalue weighted by atomic mass is 16.5. The summed E-state index contributed by atoms with van der Waals surface area (Å²) in [5.74, 6) is -1.71. The Labute approximate surface area is 75.9 Å². The first-order valence-electron chi connectivity index (χ1n) is 4.19. The fourth-order valence-corrected chi connectivity index (χ4v) is 1.71. The molecule has 1 aliphatic rings. The number of hydrogen-bond acceptors (Lipinski definition) is 4. The minimum atomic E-state index is -1.10. The van der Waals surface area contributed by atoms with Gasteiger partial charge in [-0.25, -0.2) is 0 Å². The number of ether oxygens (including phenoxy) is 1. The molecule has 0 aromatic heterocycles. The van der Waals surface area contributed by atoms with Crippen LogP contribution in [0.2, 0.25) is 0 Å². The van der Waals surface area contributed by atoms with Crippen molar-refractivity contribution in [1.82, 2.24) is 0 Å². The molecule has 1 aliphatic carbocycles. The minimum Gasteiger partial charge on any atom is -0.481 e. The van der Waals surface area contributed by atoms with Gasteiger partial charge in [-0.2, -0.15) is 0 Å². The molecule has 0 radical (unpaired) electrons. The van der Waals surface area contributed by atoms with Crippen LogP contribution in [0, 0.1) is 5.92 Å². The first-order valence-corrected chi connectivity index (χ1v) is 4.19. The molecule has 0 aromatic rings. The molecule has 1 rings (SSSR count). The number of carboxylic acid groups (broad SMARTS) is 1. The van der Waals surface area contributed by atoms with Gasteiger partial charge in [-0.05, 0) is 12.8 Å². The third-order valence-electron chi connectivity index (χ3n) is 2.49. The van der Waals surface area contributed by atoms with E-state index in [4.69, 9.17) is 9.84 Å². The van der Waals surface area contributed by atoms with Crippen LogP contribution in [0.25, 0.3) is 0 Å². The number of hydrogen-bond donors (Lipinski definition) is 3. The maximum absolute atomic E-state index is 10.7. The maximum atomic E-state index is 10.7. The molecular weight excluding hydrogens is 176 g/mol. The Kier molecular flexibility index (Phi) is 3.24. The Morgan fingerprint density at radius 2 is 2.00 bits per heavy atom. The lowest BCUT2D eigenvalue weighted by atomic mass is 9.82. The van der Waals surface area contributed by atoms with E-state index < -0.39 is 30.2 Å². The van der Waals surface area contributed by atoms with Crippen molar-refractivity contribution in [2.45, 2.75) is 31.2 Å². The van der Waals surface area contributed by atoms with Gasteiger partial charge in [0.25, 0.3) is 0 Å². The molecule has 13 heavy (non-hydrogen) atoms. The summed E-state index contributed by atoms with van der Waals surface area (Å²) in [4.78, 5) is 10.7. The van der Waals surface area contributed by atoms with Crippen molar-refractivity contribution < 1.29 is 24.9 Å². The van der Waals surface area contributed by atoms with E-state index in [1.54, 1.807) is 0 Å². The van der Waals surface area contributed by atoms with Crippen LogP contribution < -0.4 is 0 Å². The van der Waals surface area contributed by atoms with E-state index in [0.29, 0.717) is 12.8 Å². The highest BCUT2D eigenvalue weighted by molar-refractivity contribution is 5.71. The molecule has 5 nitrogen and oxygen atoms in total. The summed E-state index contributed by atoms with van der Waals surface area (Å²) in [7, 11) is 1.34. The average Bonchev–Trinajstić information content (AvgIpc) is 2.09. The van der Waals surface area contributed by atoms with E-state index in [2.05, 4.69) is 0 Å². The molecule has 0 spiro atoms. The van der Waals surface area contributed by atoms with E-state index in [1.807, 2.05) is 0 Å². The van der Waals surface area contributed by atoms with Crippen molar-refractivity contribution >= 4 is 5.97 Å². The van der Waals surface area contributed by atoms with Gasteiger partial charge < -0.3 is 20.1 Å². The van der Waals surface area contributed by atoms with E-state index >= 15 is 0 Å². The van der Waals surface area contributed by atoms with Crippen molar-refractivity contribution in [2.24, 2.45) is 5.92 Å². The lowest BCUT2D eigenvalue weighted by Gasteiger charge is -2.35. The molecule has 4 unspecified atom stereocenters. The predicted octanol–water partition coefficient (Wildman–Crippen LogP) is -0.782. The smallest absolute Gasteiger partial charge is 0.309 e. The van der Waals surface area contributed by atoms with E-state index in [0.717, 1.165) is 0 Å². The molecule has 3 N–H and O–H groups in total. The molecule has 0 saturated heterocycles. The van der Waals surface area contributed by atoms with E-state index in [9.17, 15) is 15.0 Å². The van der Waals surface area contributed by atoms with Crippen LogP contribution >= 0.6 is 0 Å². The Morgan fingerprint density at radius 3 is 2.46 bits per heavy atom. The number of aliphatic carboxylic acids is 1. The zero-order chi connectivity index (χ0) is 10.0. The highest BCUT2D eigenvalue weighted by Crippen LogP contribution is 2.27. The molecule has 4 atom stereocenters. The van der Waals surface area contributed by atoms with Crippen molar-refractivity contribution in [1.29, 1.82) is 0 Å². The highest BCUT2D eigenvalue weighted by Gasteiger charge is 2.41. The van der Waals surface area contributed by atoms with Gasteiger partial charge in [0.15, 0.2) is 0 Å². The third-order valence-corrected chi connectivity index (χ3v) is 2.49. The van der Waals surface area contributed by atoms with E-state index in [1.165, 1.54) is 7.11 Å². The van der Waals surface area contributed by atoms with Gasteiger partial charge in [-0.1, -0.05) is 0 Å². The Balaban J connectivity index is 2.71. The number of aliphatic hydroxyl groups excluding tert-OH is 2. The SMILES string of the molecule is COC1C(C(=O)O)CCC(O)C1O. The zero-order valence-corrected chi connectivity index (χ0v) is 7.38. The lowest BCUT2D eigenvalue weighted by molar-refractivity contribution is -0.164. The second-order valence-corrected chi connectivity index (χ2v) is 3.28. The number of methoxy groups -OCH3 is 1. The molecule has 1 saturated carbocycles. The number of carbonyl (C=O) groups is 1. The summed E-state index contributed by atoms with van der Waals surface area (Å²) in [6, 6.07) is 0. The molecule has 0 bridgehead atoms. The molecule has 0 aliphatic heterocycles. The molecule has 0 aromatic carbocycles. The predicted molar refractivity (Wildman–Crippen MR) is 43.2 cm³/mol. The van der Waals surface area contributed by atoms with E-state index in [-0.39, 0.29) is 0 Å². The monoisotopic (exact) mass is 190 g/mol. The zero-order valence-electron chi connectivity index (χ0n) is 7.38. The first kappa shape index (κ1) is 10.4. The largest absolute Gasteiger partial charge is 0.481 e. The number of rotatable bonds is 2. The summed E-state index contributed by atoms with van der Waals surface area (Å²) in [6.07, 6.45) is -2.13. The maximum Gasteiger partial charge on any atom is 0.309 e. The van der Waals surface area contributed by atoms with Crippen molar-refractivity contribution in [2.75, 3.05) is 7.11 Å². The van der Waals surface area contributed by atoms with Crippen molar-refractivity contribution in [3.05, 3.63) is 0 Å². The molecular formula is C8H14O5. The van der Waals surface area contributed by atoms with Crippen LogP contribution in [0.4, 0.5) is 0 Å². The van der Waals surface area contributed by atoms with Crippen molar-refractivity contribution in [3.8, 4) is 0 Å². The van der Waals surface area contributed by atoms with Crippen LogP contribution in [0.15, 0.2) is 0 Å². The van der Waals surface area contributed by atoms with Crippen LogP contribution in [0.1, 0.15) is 12.8 Å². The summed E-state index contributed by atoms with van der Waals surface area (Å²) in [5.41, 5.74) is 0. The first-order chi connectivity index (χ1) is 6.07. The second-order valence-electron chi connectivity index (χ2n) is 3.28. The van der Waals surface area contributed by atoms with Crippen molar-refractivity contribution in [3.63, 3.8) is 0 Å². The van der Waals surface area contributed by atoms with Crippen LogP contribution in [0.5, 0.6) is 0 Å². The second kappa shape index (κ2) is 4.04. The molecule has 0 amide bonds. The van der Waals surface area contributed by atoms with Crippen LogP contribution in [-0.2, 0) is 9.53 Å². The fraction of sp³-hybridized carbons (Fsp3) is 0.875. The topological polar surface area (TPSA) is 87.0 Å². The van der Waals surface area contributed by atoms with Gasteiger partial charge in [0.1, 0.15) is 6.10 Å². The van der Waals surface area contributed by atoms with Gasteiger partial charge in [-0.15, -0.1) is 0 Å². The van der Waals surface area contributed by atoms with Gasteiger partial charge in [0, 0.05) is 7.11 Å². The normalized spacial score (nSPS) is 40.2. The average molecular weight is 190 g/mol. The lowest BCUT2D eigenvalue weighted by Crippen LogP contribution is -2.49. The van der Waals surface area contributed by atoms with Gasteiger partial charge in [-0.3, -0.25) is 4.79 Å². The summed E-state index contributed by atoms with van der Waals surface area (Å²) in [5, 5.41) is 27.4. The Bertz CT molecular complexity index is 193. The fourth-order valence-electron chi connectivity index (χ4n) is 1.71. The quantitative estimate of drug-likeness (QED) is 0.531. The molecule has 1 fully saturated rings. The van der Waals surface area contributed by atoms with Gasteiger partial charge >= 0.3 is 5.97 Å². The summed E-state index contributed by atoms with van der Waals surface area (Å²) in [6.45, 7) is 0. The third kappa shape index (κ3) is 1.99. The number of carboxylic acids is 1. The standard InChI is InChI=1S/C8H14O5/c1-13-7-4(8(11)12)2-3-5(9)6(7)10/h4-7,9-10H,2-3H2,1H3,(H,11,12). The minimum absolute atomic E-state index is 0.304. The summed E-state index contributed by atoms with van der Waals surface area (Å²) >= 11 is 0. The van der Waals surface area contributed by atoms with Crippen LogP contribution in [-0.4, -0.2) is 46.7 Å².